The normalized spacial score (nSPS) is 19.6. The van der Waals surface area contributed by atoms with Crippen LogP contribution in [0.2, 0.25) is 10.0 Å². The highest BCUT2D eigenvalue weighted by Gasteiger charge is 2.40. The zero-order valence-corrected chi connectivity index (χ0v) is 16.2. The van der Waals surface area contributed by atoms with Gasteiger partial charge in [0, 0.05) is 30.6 Å². The molecule has 2 amide bonds. The SMILES string of the molecule is CC1=C(C(=O)N(C)C)SC2=NC(Cc3ccc(Cl)cc3Cl)=NC(=O)C21. The van der Waals surface area contributed by atoms with Gasteiger partial charge in [-0.05, 0) is 30.2 Å². The van der Waals surface area contributed by atoms with Gasteiger partial charge in [0.05, 0.1) is 9.95 Å². The number of carbonyl (C=O) groups excluding carboxylic acids is 2. The molecule has 25 heavy (non-hydrogen) atoms. The zero-order chi connectivity index (χ0) is 18.3. The van der Waals surface area contributed by atoms with E-state index in [2.05, 4.69) is 9.98 Å². The van der Waals surface area contributed by atoms with E-state index in [1.54, 1.807) is 39.2 Å². The molecule has 5 nitrogen and oxygen atoms in total. The molecule has 8 heteroatoms. The van der Waals surface area contributed by atoms with Crippen molar-refractivity contribution in [1.29, 1.82) is 0 Å². The second-order valence-corrected chi connectivity index (χ2v) is 7.85. The van der Waals surface area contributed by atoms with E-state index in [0.29, 0.717) is 37.8 Å². The molecule has 0 N–H and O–H groups in total. The maximum atomic E-state index is 12.5. The summed E-state index contributed by atoms with van der Waals surface area (Å²) in [6.45, 7) is 1.78. The number of hydrogen-bond donors (Lipinski definition) is 0. The minimum absolute atomic E-state index is 0.130. The van der Waals surface area contributed by atoms with E-state index in [4.69, 9.17) is 23.2 Å². The summed E-state index contributed by atoms with van der Waals surface area (Å²) in [5, 5.41) is 1.64. The van der Waals surface area contributed by atoms with E-state index < -0.39 is 5.92 Å². The Hall–Kier alpha value is -1.63. The third-order valence-electron chi connectivity index (χ3n) is 3.93. The lowest BCUT2D eigenvalue weighted by Gasteiger charge is -2.15. The number of rotatable bonds is 3. The summed E-state index contributed by atoms with van der Waals surface area (Å²) in [6.07, 6.45) is 0.328. The Morgan fingerprint density at radius 3 is 2.64 bits per heavy atom. The maximum absolute atomic E-state index is 12.5. The number of fused-ring (bicyclic) bond motifs is 1. The highest BCUT2D eigenvalue weighted by atomic mass is 35.5. The number of amides is 2. The van der Waals surface area contributed by atoms with Gasteiger partial charge < -0.3 is 4.90 Å². The molecule has 130 valence electrons. The zero-order valence-electron chi connectivity index (χ0n) is 13.8. The molecule has 0 bridgehead atoms. The highest BCUT2D eigenvalue weighted by Crippen LogP contribution is 2.41. The number of aliphatic imine (C=N–C) groups is 2. The average Bonchev–Trinajstić information content (AvgIpc) is 2.86. The summed E-state index contributed by atoms with van der Waals surface area (Å²) in [6, 6.07) is 5.16. The van der Waals surface area contributed by atoms with Gasteiger partial charge in [0.25, 0.3) is 11.8 Å². The van der Waals surface area contributed by atoms with Crippen LogP contribution in [0.5, 0.6) is 0 Å². The third kappa shape index (κ3) is 3.52. The largest absolute Gasteiger partial charge is 0.344 e. The summed E-state index contributed by atoms with van der Waals surface area (Å²) < 4.78 is 0. The monoisotopic (exact) mass is 395 g/mol. The van der Waals surface area contributed by atoms with Gasteiger partial charge in [0.15, 0.2) is 0 Å². The Morgan fingerprint density at radius 1 is 1.28 bits per heavy atom. The molecule has 0 radical (unpaired) electrons. The molecule has 0 aromatic heterocycles. The van der Waals surface area contributed by atoms with E-state index in [1.807, 2.05) is 0 Å². The first kappa shape index (κ1) is 18.2. The van der Waals surface area contributed by atoms with Crippen LogP contribution in [0.1, 0.15) is 12.5 Å². The van der Waals surface area contributed by atoms with Crippen molar-refractivity contribution in [1.82, 2.24) is 4.90 Å². The minimum atomic E-state index is -0.548. The van der Waals surface area contributed by atoms with Crippen molar-refractivity contribution in [2.75, 3.05) is 14.1 Å². The summed E-state index contributed by atoms with van der Waals surface area (Å²) in [5.74, 6) is -0.584. The number of halogens is 2. The molecule has 1 aromatic carbocycles. The van der Waals surface area contributed by atoms with Gasteiger partial charge in [0.1, 0.15) is 11.8 Å². The Labute approximate surface area is 159 Å². The van der Waals surface area contributed by atoms with Gasteiger partial charge >= 0.3 is 0 Å². The second-order valence-electron chi connectivity index (χ2n) is 5.98. The van der Waals surface area contributed by atoms with Crippen molar-refractivity contribution in [3.8, 4) is 0 Å². The topological polar surface area (TPSA) is 62.1 Å². The van der Waals surface area contributed by atoms with Crippen molar-refractivity contribution in [3.05, 3.63) is 44.3 Å². The Balaban J connectivity index is 1.87. The number of carbonyl (C=O) groups is 2. The fourth-order valence-corrected chi connectivity index (χ4v) is 4.39. The molecule has 0 fully saturated rings. The molecule has 0 aliphatic carbocycles. The molecular formula is C17H15Cl2N3O2S. The number of benzene rings is 1. The first-order valence-electron chi connectivity index (χ1n) is 7.52. The van der Waals surface area contributed by atoms with E-state index >= 15 is 0 Å². The molecule has 2 aliphatic rings. The van der Waals surface area contributed by atoms with Crippen LogP contribution >= 0.6 is 35.0 Å². The second kappa shape index (κ2) is 6.94. The number of hydrogen-bond acceptors (Lipinski definition) is 4. The molecule has 2 heterocycles. The number of likely N-dealkylation sites (N-methyl/N-ethyl adjacent to an activating group) is 1. The number of thioether (sulfide) groups is 1. The fourth-order valence-electron chi connectivity index (χ4n) is 2.61. The molecule has 0 saturated carbocycles. The predicted octanol–water partition coefficient (Wildman–Crippen LogP) is 3.60. The number of nitrogens with zero attached hydrogens (tertiary/aromatic N) is 3. The Kier molecular flexibility index (Phi) is 5.04. The van der Waals surface area contributed by atoms with E-state index in [-0.39, 0.29) is 11.8 Å². The van der Waals surface area contributed by atoms with Crippen LogP contribution in [0.25, 0.3) is 0 Å². The van der Waals surface area contributed by atoms with Crippen LogP contribution in [0.4, 0.5) is 0 Å². The van der Waals surface area contributed by atoms with Crippen LogP contribution < -0.4 is 0 Å². The molecule has 3 rings (SSSR count). The summed E-state index contributed by atoms with van der Waals surface area (Å²) in [7, 11) is 3.36. The average molecular weight is 396 g/mol. The van der Waals surface area contributed by atoms with Gasteiger partial charge in [-0.15, -0.1) is 0 Å². The van der Waals surface area contributed by atoms with E-state index in [9.17, 15) is 9.59 Å². The molecule has 1 aromatic rings. The van der Waals surface area contributed by atoms with Gasteiger partial charge in [-0.25, -0.2) is 4.99 Å². The van der Waals surface area contributed by atoms with Crippen molar-refractivity contribution >= 4 is 57.7 Å². The molecular weight excluding hydrogens is 381 g/mol. The summed E-state index contributed by atoms with van der Waals surface area (Å²) >= 11 is 13.3. The third-order valence-corrected chi connectivity index (χ3v) is 5.76. The summed E-state index contributed by atoms with van der Waals surface area (Å²) in [4.78, 5) is 35.4. The first-order valence-corrected chi connectivity index (χ1v) is 9.09. The maximum Gasteiger partial charge on any atom is 0.261 e. The van der Waals surface area contributed by atoms with Crippen molar-refractivity contribution in [3.63, 3.8) is 0 Å². The standard InChI is InChI=1S/C17H15Cl2N3O2S/c1-8-13-15(23)20-12(6-9-4-5-10(18)7-11(9)19)21-16(13)25-14(8)17(24)22(2)3/h4-5,7,13H,6H2,1-3H3. The molecule has 1 atom stereocenters. The van der Waals surface area contributed by atoms with Gasteiger partial charge in [-0.2, -0.15) is 4.99 Å². The quantitative estimate of drug-likeness (QED) is 0.785. The van der Waals surface area contributed by atoms with Crippen molar-refractivity contribution in [2.24, 2.45) is 15.9 Å². The highest BCUT2D eigenvalue weighted by molar-refractivity contribution is 8.18. The van der Waals surface area contributed by atoms with Gasteiger partial charge in [0.2, 0.25) is 0 Å². The first-order chi connectivity index (χ1) is 11.8. The molecule has 2 aliphatic heterocycles. The minimum Gasteiger partial charge on any atom is -0.344 e. The fraction of sp³-hybridized carbons (Fsp3) is 0.294. The van der Waals surface area contributed by atoms with Crippen molar-refractivity contribution in [2.45, 2.75) is 13.3 Å². The Morgan fingerprint density at radius 2 is 2.00 bits per heavy atom. The lowest BCUT2D eigenvalue weighted by atomic mass is 9.99. The molecule has 0 spiro atoms. The number of amidine groups is 1. The van der Waals surface area contributed by atoms with Crippen LogP contribution in [0.15, 0.2) is 38.7 Å². The summed E-state index contributed by atoms with van der Waals surface area (Å²) in [5.41, 5.74) is 1.50. The van der Waals surface area contributed by atoms with Gasteiger partial charge in [-0.3, -0.25) is 9.59 Å². The lowest BCUT2D eigenvalue weighted by molar-refractivity contribution is -0.124. The molecule has 1 unspecified atom stereocenters. The van der Waals surface area contributed by atoms with E-state index in [1.165, 1.54) is 16.7 Å². The smallest absolute Gasteiger partial charge is 0.261 e. The van der Waals surface area contributed by atoms with Crippen LogP contribution in [-0.4, -0.2) is 41.7 Å². The van der Waals surface area contributed by atoms with Crippen molar-refractivity contribution < 1.29 is 9.59 Å². The van der Waals surface area contributed by atoms with Crippen LogP contribution in [0, 0.1) is 5.92 Å². The van der Waals surface area contributed by atoms with E-state index in [0.717, 1.165) is 5.56 Å². The predicted molar refractivity (Wildman–Crippen MR) is 103 cm³/mol. The van der Waals surface area contributed by atoms with Gasteiger partial charge in [-0.1, -0.05) is 41.0 Å². The van der Waals surface area contributed by atoms with Crippen LogP contribution in [0.3, 0.4) is 0 Å². The van der Waals surface area contributed by atoms with Crippen LogP contribution in [-0.2, 0) is 16.0 Å². The Bertz CT molecular complexity index is 875. The lowest BCUT2D eigenvalue weighted by Crippen LogP contribution is -2.25. The molecule has 0 saturated heterocycles.